The molecule has 7 rings (SSSR count). The molecule has 9 heteroatoms. The van der Waals surface area contributed by atoms with Crippen molar-refractivity contribution in [3.63, 3.8) is 0 Å². The lowest BCUT2D eigenvalue weighted by Gasteiger charge is -2.61. The molecule has 0 radical (unpaired) electrons. The van der Waals surface area contributed by atoms with E-state index in [0.29, 0.717) is 39.0 Å². The Bertz CT molecular complexity index is 1580. The Balaban J connectivity index is 1.47. The van der Waals surface area contributed by atoms with Crippen molar-refractivity contribution in [2.24, 2.45) is 5.92 Å². The number of furan rings is 1. The van der Waals surface area contributed by atoms with Gasteiger partial charge in [0.1, 0.15) is 11.6 Å². The highest BCUT2D eigenvalue weighted by Crippen LogP contribution is 2.57. The van der Waals surface area contributed by atoms with E-state index in [1.807, 2.05) is 31.2 Å². The number of aromatic nitrogens is 1. The minimum atomic E-state index is -2.61. The van der Waals surface area contributed by atoms with Crippen LogP contribution in [0.4, 0.5) is 14.6 Å². The molecule has 0 saturated heterocycles. The molecule has 2 heterocycles. The fourth-order valence-corrected chi connectivity index (χ4v) is 5.58. The van der Waals surface area contributed by atoms with Gasteiger partial charge in [-0.25, -0.2) is 8.78 Å². The zero-order valence-corrected chi connectivity index (χ0v) is 21.6. The molecule has 0 atom stereocenters. The zero-order chi connectivity index (χ0) is 27.3. The van der Waals surface area contributed by atoms with Crippen LogP contribution in [0, 0.1) is 12.8 Å². The van der Waals surface area contributed by atoms with E-state index in [-0.39, 0.29) is 28.9 Å². The molecule has 2 aromatic heterocycles. The molecule has 3 saturated carbocycles. The monoisotopic (exact) mass is 530 g/mol. The van der Waals surface area contributed by atoms with Gasteiger partial charge in [0.05, 0.1) is 17.5 Å². The van der Waals surface area contributed by atoms with Crippen LogP contribution in [0.1, 0.15) is 45.5 Å². The Labute approximate surface area is 224 Å². The molecule has 4 aromatic rings. The maximum absolute atomic E-state index is 13.2. The SMILES string of the molecule is CNC(=O)c1c(-c2ccc(C)cc2)oc2nc(NCC(F)F)c(-c3cccc(C(=O)NC45CC(C4)C5)c3)cc12. The number of halogens is 2. The molecule has 0 aliphatic heterocycles. The molecule has 3 N–H and O–H groups in total. The average Bonchev–Trinajstić information content (AvgIpc) is 3.26. The second-order valence-electron chi connectivity index (χ2n) is 10.6. The molecule has 2 amide bonds. The van der Waals surface area contributed by atoms with Gasteiger partial charge in [0.15, 0.2) is 0 Å². The molecular weight excluding hydrogens is 502 g/mol. The van der Waals surface area contributed by atoms with Crippen LogP contribution in [0.25, 0.3) is 33.6 Å². The van der Waals surface area contributed by atoms with Gasteiger partial charge in [0.25, 0.3) is 18.2 Å². The van der Waals surface area contributed by atoms with Crippen LogP contribution < -0.4 is 16.0 Å². The van der Waals surface area contributed by atoms with Crippen molar-refractivity contribution in [2.45, 2.75) is 38.2 Å². The number of pyridine rings is 1. The van der Waals surface area contributed by atoms with E-state index in [0.717, 1.165) is 30.7 Å². The average molecular weight is 531 g/mol. The number of hydrogen-bond donors (Lipinski definition) is 3. The van der Waals surface area contributed by atoms with Crippen LogP contribution in [0.2, 0.25) is 0 Å². The van der Waals surface area contributed by atoms with Crippen molar-refractivity contribution in [2.75, 3.05) is 18.9 Å². The van der Waals surface area contributed by atoms with Crippen LogP contribution in [-0.2, 0) is 0 Å². The highest BCUT2D eigenvalue weighted by Gasteiger charge is 2.57. The van der Waals surface area contributed by atoms with Crippen molar-refractivity contribution in [1.82, 2.24) is 15.6 Å². The van der Waals surface area contributed by atoms with Gasteiger partial charge >= 0.3 is 0 Å². The van der Waals surface area contributed by atoms with E-state index in [4.69, 9.17) is 4.42 Å². The Kier molecular flexibility index (Phi) is 6.09. The number of alkyl halides is 2. The number of carbonyl (C=O) groups excluding carboxylic acids is 2. The number of carbonyl (C=O) groups is 2. The summed E-state index contributed by atoms with van der Waals surface area (Å²) < 4.78 is 32.4. The maximum atomic E-state index is 13.2. The van der Waals surface area contributed by atoms with Gasteiger partial charge in [-0.2, -0.15) is 4.98 Å². The summed E-state index contributed by atoms with van der Waals surface area (Å²) >= 11 is 0. The smallest absolute Gasteiger partial charge is 0.255 e. The molecule has 39 heavy (non-hydrogen) atoms. The van der Waals surface area contributed by atoms with Crippen molar-refractivity contribution in [3.05, 3.63) is 71.3 Å². The van der Waals surface area contributed by atoms with Crippen LogP contribution in [0.5, 0.6) is 0 Å². The normalized spacial score (nSPS) is 19.4. The first-order valence-electron chi connectivity index (χ1n) is 13.0. The summed E-state index contributed by atoms with van der Waals surface area (Å²) in [6, 6.07) is 16.2. The summed E-state index contributed by atoms with van der Waals surface area (Å²) in [5.74, 6) is 0.708. The summed E-state index contributed by atoms with van der Waals surface area (Å²) in [5.41, 5.74) is 3.65. The second-order valence-corrected chi connectivity index (χ2v) is 10.6. The minimum Gasteiger partial charge on any atom is -0.437 e. The fraction of sp³-hybridized carbons (Fsp3) is 0.300. The molecule has 2 bridgehead atoms. The number of fused-ring (bicyclic) bond motifs is 1. The predicted molar refractivity (Wildman–Crippen MR) is 145 cm³/mol. The van der Waals surface area contributed by atoms with Crippen molar-refractivity contribution in [1.29, 1.82) is 0 Å². The van der Waals surface area contributed by atoms with Crippen molar-refractivity contribution in [3.8, 4) is 22.5 Å². The van der Waals surface area contributed by atoms with E-state index >= 15 is 0 Å². The highest BCUT2D eigenvalue weighted by molar-refractivity contribution is 6.11. The van der Waals surface area contributed by atoms with E-state index in [1.165, 1.54) is 7.05 Å². The minimum absolute atomic E-state index is 0.0756. The van der Waals surface area contributed by atoms with E-state index in [2.05, 4.69) is 20.9 Å². The molecular formula is C30H28F2N4O3. The van der Waals surface area contributed by atoms with E-state index < -0.39 is 13.0 Å². The Hall–Kier alpha value is -4.27. The first-order chi connectivity index (χ1) is 18.7. The van der Waals surface area contributed by atoms with Crippen molar-refractivity contribution < 1.29 is 22.8 Å². The first-order valence-corrected chi connectivity index (χ1v) is 13.0. The number of amides is 2. The number of rotatable bonds is 8. The quantitative estimate of drug-likeness (QED) is 0.268. The summed E-state index contributed by atoms with van der Waals surface area (Å²) in [6.07, 6.45) is 0.452. The van der Waals surface area contributed by atoms with Crippen molar-refractivity contribution >= 4 is 28.7 Å². The Morgan fingerprint density at radius 1 is 1.05 bits per heavy atom. The summed E-state index contributed by atoms with van der Waals surface area (Å²) in [7, 11) is 1.53. The number of nitrogens with one attached hydrogen (secondary N) is 3. The molecule has 0 unspecified atom stereocenters. The predicted octanol–water partition coefficient (Wildman–Crippen LogP) is 5.79. The number of hydrogen-bond acceptors (Lipinski definition) is 5. The van der Waals surface area contributed by atoms with E-state index in [9.17, 15) is 18.4 Å². The van der Waals surface area contributed by atoms with Gasteiger partial charge in [-0.3, -0.25) is 9.59 Å². The van der Waals surface area contributed by atoms with Crippen LogP contribution in [-0.4, -0.2) is 42.4 Å². The molecule has 3 aliphatic carbocycles. The third-order valence-corrected chi connectivity index (χ3v) is 7.73. The van der Waals surface area contributed by atoms with Gasteiger partial charge in [-0.05, 0) is 55.9 Å². The second kappa shape index (κ2) is 9.48. The standard InChI is InChI=1S/C30H28F2N4O3/c1-16-6-8-18(9-7-16)25-24(28(38)33-2)22-11-21(26(34-15-23(31)32)35-29(22)39-25)19-4-3-5-20(10-19)27(37)36-30-12-17(13-30)14-30/h3-11,17,23H,12-15H2,1-2H3,(H,33,38)(H,34,35)(H,36,37). The van der Waals surface area contributed by atoms with E-state index in [1.54, 1.807) is 30.3 Å². The lowest BCUT2D eigenvalue weighted by molar-refractivity contribution is -0.0438. The molecule has 3 fully saturated rings. The third-order valence-electron chi connectivity index (χ3n) is 7.73. The zero-order valence-electron chi connectivity index (χ0n) is 21.6. The number of aryl methyl sites for hydroxylation is 1. The Morgan fingerprint density at radius 3 is 2.44 bits per heavy atom. The first kappa shape index (κ1) is 25.0. The summed E-state index contributed by atoms with van der Waals surface area (Å²) in [5, 5.41) is 8.97. The van der Waals surface area contributed by atoms with Crippen LogP contribution in [0.3, 0.4) is 0 Å². The number of anilines is 1. The molecule has 7 nitrogen and oxygen atoms in total. The molecule has 3 aliphatic rings. The van der Waals surface area contributed by atoms with Gasteiger partial charge < -0.3 is 20.4 Å². The topological polar surface area (TPSA) is 96.3 Å². The van der Waals surface area contributed by atoms with Crippen LogP contribution >= 0.6 is 0 Å². The summed E-state index contributed by atoms with van der Waals surface area (Å²) in [4.78, 5) is 30.6. The molecule has 0 spiro atoms. The van der Waals surface area contributed by atoms with Gasteiger partial charge in [-0.1, -0.05) is 42.0 Å². The van der Waals surface area contributed by atoms with Gasteiger partial charge in [0.2, 0.25) is 5.71 Å². The van der Waals surface area contributed by atoms with Crippen LogP contribution in [0.15, 0.2) is 59.0 Å². The number of nitrogens with zero attached hydrogens (tertiary/aromatic N) is 1. The van der Waals surface area contributed by atoms with Gasteiger partial charge in [0, 0.05) is 29.3 Å². The molecule has 2 aromatic carbocycles. The lowest BCUT2D eigenvalue weighted by Crippen LogP contribution is -2.68. The third kappa shape index (κ3) is 4.51. The van der Waals surface area contributed by atoms with Gasteiger partial charge in [-0.15, -0.1) is 0 Å². The fourth-order valence-electron chi connectivity index (χ4n) is 5.58. The summed E-state index contributed by atoms with van der Waals surface area (Å²) in [6.45, 7) is 1.34. The maximum Gasteiger partial charge on any atom is 0.255 e. The largest absolute Gasteiger partial charge is 0.437 e. The number of benzene rings is 2. The molecule has 200 valence electrons. The lowest BCUT2D eigenvalue weighted by atomic mass is 9.50. The highest BCUT2D eigenvalue weighted by atomic mass is 19.3. The Morgan fingerprint density at radius 2 is 1.79 bits per heavy atom.